The van der Waals surface area contributed by atoms with Crippen LogP contribution in [0.2, 0.25) is 0 Å². The van der Waals surface area contributed by atoms with Crippen LogP contribution in [-0.4, -0.2) is 40.9 Å². The lowest BCUT2D eigenvalue weighted by Crippen LogP contribution is -2.28. The molecule has 0 N–H and O–H groups in total. The Morgan fingerprint density at radius 1 is 1.10 bits per heavy atom. The smallest absolute Gasteiger partial charge is 0.274 e. The second-order valence-electron chi connectivity index (χ2n) is 5.15. The maximum Gasteiger partial charge on any atom is 0.274 e. The zero-order chi connectivity index (χ0) is 14.7. The molecule has 0 aliphatic carbocycles. The molecule has 2 aromatic rings. The summed E-state index contributed by atoms with van der Waals surface area (Å²) in [6.45, 7) is 1.65. The van der Waals surface area contributed by atoms with Gasteiger partial charge in [-0.3, -0.25) is 4.79 Å². The largest absolute Gasteiger partial charge is 0.337 e. The van der Waals surface area contributed by atoms with Crippen LogP contribution in [0.3, 0.4) is 0 Å². The molecule has 3 rings (SSSR count). The molecule has 1 aliphatic rings. The molecule has 1 amide bonds. The highest BCUT2D eigenvalue weighted by atomic mass is 16.2. The van der Waals surface area contributed by atoms with E-state index in [0.29, 0.717) is 5.69 Å². The van der Waals surface area contributed by atoms with Gasteiger partial charge < -0.3 is 9.80 Å². The van der Waals surface area contributed by atoms with Crippen LogP contribution in [-0.2, 0) is 0 Å². The van der Waals surface area contributed by atoms with Crippen LogP contribution in [0.5, 0.6) is 0 Å². The number of carbonyl (C=O) groups is 1. The van der Waals surface area contributed by atoms with Gasteiger partial charge in [0.15, 0.2) is 5.82 Å². The van der Waals surface area contributed by atoms with E-state index in [4.69, 9.17) is 0 Å². The third kappa shape index (κ3) is 2.86. The van der Waals surface area contributed by atoms with Crippen LogP contribution < -0.4 is 4.90 Å². The average molecular weight is 282 g/mol. The number of para-hydroxylation sites is 1. The van der Waals surface area contributed by atoms with Gasteiger partial charge in [-0.15, -0.1) is 0 Å². The van der Waals surface area contributed by atoms with Gasteiger partial charge in [0.25, 0.3) is 5.91 Å². The van der Waals surface area contributed by atoms with Gasteiger partial charge in [-0.05, 0) is 25.0 Å². The Balaban J connectivity index is 1.76. The first-order valence-electron chi connectivity index (χ1n) is 7.16. The molecular formula is C16H18N4O. The molecule has 1 aromatic heterocycles. The molecule has 0 atom stereocenters. The lowest BCUT2D eigenvalue weighted by Gasteiger charge is -2.18. The second kappa shape index (κ2) is 5.91. The fraction of sp³-hybridized carbons (Fsp3) is 0.312. The van der Waals surface area contributed by atoms with Crippen molar-refractivity contribution in [2.75, 3.05) is 25.0 Å². The number of rotatable bonds is 3. The Morgan fingerprint density at radius 2 is 1.81 bits per heavy atom. The molecule has 5 heteroatoms. The normalized spacial score (nSPS) is 14.2. The average Bonchev–Trinajstić information content (AvgIpc) is 3.09. The van der Waals surface area contributed by atoms with Crippen molar-refractivity contribution in [2.45, 2.75) is 12.8 Å². The minimum atomic E-state index is -0.0195. The highest BCUT2D eigenvalue weighted by molar-refractivity contribution is 5.92. The molecule has 1 aliphatic heterocycles. The summed E-state index contributed by atoms with van der Waals surface area (Å²) >= 11 is 0. The van der Waals surface area contributed by atoms with E-state index in [1.807, 2.05) is 47.2 Å². The summed E-state index contributed by atoms with van der Waals surface area (Å²) in [7, 11) is 1.93. The number of hydrogen-bond donors (Lipinski definition) is 0. The summed E-state index contributed by atoms with van der Waals surface area (Å²) in [5.74, 6) is 0.702. The minimum absolute atomic E-state index is 0.0195. The van der Waals surface area contributed by atoms with Crippen molar-refractivity contribution >= 4 is 17.4 Å². The van der Waals surface area contributed by atoms with Crippen molar-refractivity contribution < 1.29 is 4.79 Å². The van der Waals surface area contributed by atoms with Crippen LogP contribution in [0.25, 0.3) is 0 Å². The van der Waals surface area contributed by atoms with Gasteiger partial charge in [-0.2, -0.15) is 0 Å². The van der Waals surface area contributed by atoms with E-state index in [0.717, 1.165) is 37.4 Å². The highest BCUT2D eigenvalue weighted by Crippen LogP contribution is 2.20. The van der Waals surface area contributed by atoms with Crippen LogP contribution in [0.1, 0.15) is 23.3 Å². The number of anilines is 2. The number of nitrogens with zero attached hydrogens (tertiary/aromatic N) is 4. The quantitative estimate of drug-likeness (QED) is 0.868. The Labute approximate surface area is 124 Å². The van der Waals surface area contributed by atoms with Gasteiger partial charge in [0.05, 0.1) is 12.4 Å². The standard InChI is InChI=1S/C16H18N4O/c1-19(13-7-3-2-4-8-13)15-12-17-14(11-18-15)16(21)20-9-5-6-10-20/h2-4,7-8,11-12H,5-6,9-10H2,1H3. The number of likely N-dealkylation sites (tertiary alicyclic amines) is 1. The highest BCUT2D eigenvalue weighted by Gasteiger charge is 2.20. The molecule has 21 heavy (non-hydrogen) atoms. The van der Waals surface area contributed by atoms with Gasteiger partial charge in [0.2, 0.25) is 0 Å². The number of benzene rings is 1. The zero-order valence-electron chi connectivity index (χ0n) is 12.1. The summed E-state index contributed by atoms with van der Waals surface area (Å²) < 4.78 is 0. The zero-order valence-corrected chi connectivity index (χ0v) is 12.1. The predicted molar refractivity (Wildman–Crippen MR) is 81.7 cm³/mol. The van der Waals surface area contributed by atoms with Gasteiger partial charge in [-0.1, -0.05) is 18.2 Å². The summed E-state index contributed by atoms with van der Waals surface area (Å²) in [5.41, 5.74) is 1.45. The van der Waals surface area contributed by atoms with Crippen molar-refractivity contribution in [1.29, 1.82) is 0 Å². The van der Waals surface area contributed by atoms with E-state index in [-0.39, 0.29) is 5.91 Å². The number of hydrogen-bond acceptors (Lipinski definition) is 4. The molecule has 0 saturated carbocycles. The Hall–Kier alpha value is -2.43. The first-order valence-corrected chi connectivity index (χ1v) is 7.16. The number of aromatic nitrogens is 2. The third-order valence-corrected chi connectivity index (χ3v) is 3.74. The lowest BCUT2D eigenvalue weighted by molar-refractivity contribution is 0.0786. The maximum atomic E-state index is 12.2. The molecule has 0 bridgehead atoms. The van der Waals surface area contributed by atoms with Gasteiger partial charge in [0.1, 0.15) is 5.69 Å². The predicted octanol–water partition coefficient (Wildman–Crippen LogP) is 2.48. The Kier molecular flexibility index (Phi) is 3.81. The molecule has 5 nitrogen and oxygen atoms in total. The van der Waals surface area contributed by atoms with E-state index in [1.54, 1.807) is 12.4 Å². The molecule has 1 saturated heterocycles. The summed E-state index contributed by atoms with van der Waals surface area (Å²) in [4.78, 5) is 24.6. The summed E-state index contributed by atoms with van der Waals surface area (Å²) in [6, 6.07) is 9.94. The fourth-order valence-electron chi connectivity index (χ4n) is 2.47. The van der Waals surface area contributed by atoms with Crippen LogP contribution >= 0.6 is 0 Å². The van der Waals surface area contributed by atoms with E-state index >= 15 is 0 Å². The van der Waals surface area contributed by atoms with Crippen molar-refractivity contribution in [2.24, 2.45) is 0 Å². The molecule has 0 spiro atoms. The van der Waals surface area contributed by atoms with E-state index in [1.165, 1.54) is 0 Å². The Bertz CT molecular complexity index is 606. The lowest BCUT2D eigenvalue weighted by atomic mass is 10.3. The number of carbonyl (C=O) groups excluding carboxylic acids is 1. The van der Waals surface area contributed by atoms with E-state index in [2.05, 4.69) is 9.97 Å². The van der Waals surface area contributed by atoms with Crippen LogP contribution in [0.15, 0.2) is 42.7 Å². The maximum absolute atomic E-state index is 12.2. The second-order valence-corrected chi connectivity index (χ2v) is 5.15. The van der Waals surface area contributed by atoms with Crippen molar-refractivity contribution in [3.05, 3.63) is 48.4 Å². The van der Waals surface area contributed by atoms with E-state index in [9.17, 15) is 4.79 Å². The molecule has 1 fully saturated rings. The van der Waals surface area contributed by atoms with Gasteiger partial charge in [-0.25, -0.2) is 9.97 Å². The van der Waals surface area contributed by atoms with Crippen LogP contribution in [0.4, 0.5) is 11.5 Å². The van der Waals surface area contributed by atoms with Crippen molar-refractivity contribution in [1.82, 2.24) is 14.9 Å². The molecule has 108 valence electrons. The fourth-order valence-corrected chi connectivity index (χ4v) is 2.47. The molecule has 1 aromatic carbocycles. The summed E-state index contributed by atoms with van der Waals surface area (Å²) in [5, 5.41) is 0. The molecular weight excluding hydrogens is 264 g/mol. The summed E-state index contributed by atoms with van der Waals surface area (Å²) in [6.07, 6.45) is 5.37. The molecule has 0 unspecified atom stereocenters. The first-order chi connectivity index (χ1) is 10.3. The van der Waals surface area contributed by atoms with Gasteiger partial charge >= 0.3 is 0 Å². The third-order valence-electron chi connectivity index (χ3n) is 3.74. The van der Waals surface area contributed by atoms with Crippen molar-refractivity contribution in [3.8, 4) is 0 Å². The topological polar surface area (TPSA) is 49.3 Å². The molecule has 0 radical (unpaired) electrons. The number of amides is 1. The molecule has 2 heterocycles. The van der Waals surface area contributed by atoms with Crippen LogP contribution in [0, 0.1) is 0 Å². The SMILES string of the molecule is CN(c1ccccc1)c1cnc(C(=O)N2CCCC2)cn1. The Morgan fingerprint density at radius 3 is 2.43 bits per heavy atom. The monoisotopic (exact) mass is 282 g/mol. The van der Waals surface area contributed by atoms with Gasteiger partial charge in [0, 0.05) is 25.8 Å². The minimum Gasteiger partial charge on any atom is -0.337 e. The first kappa shape index (κ1) is 13.5. The van der Waals surface area contributed by atoms with Crippen molar-refractivity contribution in [3.63, 3.8) is 0 Å². The van der Waals surface area contributed by atoms with E-state index < -0.39 is 0 Å².